The molecule has 1 aromatic carbocycles. The van der Waals surface area contributed by atoms with E-state index in [9.17, 15) is 32.3 Å². The molecule has 0 spiro atoms. The van der Waals surface area contributed by atoms with E-state index in [4.69, 9.17) is 9.47 Å². The Bertz CT molecular complexity index is 999. The third-order valence-electron chi connectivity index (χ3n) is 7.04. The smallest absolute Gasteiger partial charge is 0.411 e. The maximum atomic E-state index is 13.6. The van der Waals surface area contributed by atoms with Gasteiger partial charge in [0.15, 0.2) is 0 Å². The average molecular weight is 518 g/mol. The summed E-state index contributed by atoms with van der Waals surface area (Å²) < 4.78 is 62.4. The minimum absolute atomic E-state index is 0.0285. The first-order chi connectivity index (χ1) is 16.7. The maximum Gasteiger partial charge on any atom is 0.411 e. The Balaban J connectivity index is 1.58. The van der Waals surface area contributed by atoms with Crippen LogP contribution in [0.25, 0.3) is 0 Å². The number of carboxylic acid groups (broad SMARTS) is 1. The summed E-state index contributed by atoms with van der Waals surface area (Å²) in [5.74, 6) is -0.672. The fourth-order valence-corrected chi connectivity index (χ4v) is 5.69. The summed E-state index contributed by atoms with van der Waals surface area (Å²) in [4.78, 5) is 29.0. The van der Waals surface area contributed by atoms with E-state index in [1.54, 1.807) is 0 Å². The Labute approximate surface area is 206 Å². The highest BCUT2D eigenvalue weighted by molar-refractivity contribution is 5.86. The second kappa shape index (κ2) is 9.70. The van der Waals surface area contributed by atoms with Crippen molar-refractivity contribution in [1.29, 1.82) is 0 Å². The molecular formula is C24H31F4N3O5. The fraction of sp³-hybridized carbons (Fsp3) is 0.667. The zero-order valence-corrected chi connectivity index (χ0v) is 20.3. The van der Waals surface area contributed by atoms with Crippen LogP contribution in [0.5, 0.6) is 5.75 Å². The van der Waals surface area contributed by atoms with E-state index in [1.807, 2.05) is 25.7 Å². The fourth-order valence-electron chi connectivity index (χ4n) is 5.69. The van der Waals surface area contributed by atoms with Crippen LogP contribution in [0.2, 0.25) is 0 Å². The van der Waals surface area contributed by atoms with Crippen LogP contribution < -0.4 is 10.1 Å². The molecule has 8 nitrogen and oxygen atoms in total. The lowest BCUT2D eigenvalue weighted by molar-refractivity contribution is -0.183. The molecule has 3 aliphatic heterocycles. The van der Waals surface area contributed by atoms with Crippen LogP contribution >= 0.6 is 0 Å². The van der Waals surface area contributed by atoms with Crippen LogP contribution in [0, 0.1) is 11.2 Å². The van der Waals surface area contributed by atoms with Crippen LogP contribution in [-0.2, 0) is 9.53 Å². The number of nitrogens with zero attached hydrogens (tertiary/aromatic N) is 2. The van der Waals surface area contributed by atoms with E-state index in [2.05, 4.69) is 5.32 Å². The Kier molecular flexibility index (Phi) is 7.13. The van der Waals surface area contributed by atoms with E-state index in [1.165, 1.54) is 18.2 Å². The van der Waals surface area contributed by atoms with Gasteiger partial charge in [-0.1, -0.05) is 26.8 Å². The van der Waals surface area contributed by atoms with Crippen LogP contribution in [0.3, 0.4) is 0 Å². The summed E-state index contributed by atoms with van der Waals surface area (Å²) in [5, 5.41) is 13.1. The first kappa shape index (κ1) is 26.5. The van der Waals surface area contributed by atoms with Gasteiger partial charge in [0.2, 0.25) is 5.91 Å². The van der Waals surface area contributed by atoms with Crippen molar-refractivity contribution >= 4 is 12.0 Å². The molecule has 2 saturated heterocycles. The molecule has 2 N–H and O–H groups in total. The largest absolute Gasteiger partial charge is 0.493 e. The molecular weight excluding hydrogens is 486 g/mol. The normalized spacial score (nSPS) is 28.8. The number of halogens is 4. The summed E-state index contributed by atoms with van der Waals surface area (Å²) in [5.41, 5.74) is -0.0113. The monoisotopic (exact) mass is 517 g/mol. The van der Waals surface area contributed by atoms with Gasteiger partial charge in [-0.25, -0.2) is 9.18 Å². The SMILES string of the molecule is CC(C)(C)C1[C@H]2C[C@@H](OCC(F)(F)F)CN2C[C@@H](C(=O)N[C@@H]2CCOc3cc(F)ccc32)N1C(=O)O. The third-order valence-corrected chi connectivity index (χ3v) is 7.04. The van der Waals surface area contributed by atoms with E-state index >= 15 is 0 Å². The topological polar surface area (TPSA) is 91.3 Å². The lowest BCUT2D eigenvalue weighted by Gasteiger charge is -2.52. The number of alkyl halides is 3. The maximum absolute atomic E-state index is 13.6. The van der Waals surface area contributed by atoms with Crippen LogP contribution in [0.15, 0.2) is 18.2 Å². The van der Waals surface area contributed by atoms with Gasteiger partial charge in [-0.05, 0) is 17.9 Å². The predicted octanol–water partition coefficient (Wildman–Crippen LogP) is 3.56. The van der Waals surface area contributed by atoms with Crippen molar-refractivity contribution in [3.8, 4) is 5.75 Å². The average Bonchev–Trinajstić information content (AvgIpc) is 3.17. The summed E-state index contributed by atoms with van der Waals surface area (Å²) in [6.45, 7) is 4.61. The van der Waals surface area contributed by atoms with Crippen molar-refractivity contribution in [3.05, 3.63) is 29.6 Å². The van der Waals surface area contributed by atoms with E-state index in [-0.39, 0.29) is 26.1 Å². The van der Waals surface area contributed by atoms with Gasteiger partial charge in [0, 0.05) is 37.2 Å². The van der Waals surface area contributed by atoms with E-state index in [0.29, 0.717) is 17.7 Å². The molecule has 0 aliphatic carbocycles. The van der Waals surface area contributed by atoms with Crippen molar-refractivity contribution in [2.24, 2.45) is 5.41 Å². The number of hydrogen-bond acceptors (Lipinski definition) is 5. The molecule has 200 valence electrons. The van der Waals surface area contributed by atoms with Gasteiger partial charge < -0.3 is 19.9 Å². The zero-order valence-electron chi connectivity index (χ0n) is 20.3. The predicted molar refractivity (Wildman–Crippen MR) is 120 cm³/mol. The number of amides is 2. The lowest BCUT2D eigenvalue weighted by atomic mass is 9.78. The van der Waals surface area contributed by atoms with E-state index < -0.39 is 66.3 Å². The van der Waals surface area contributed by atoms with Gasteiger partial charge in [0.1, 0.15) is 24.2 Å². The molecule has 4 rings (SSSR count). The molecule has 0 saturated carbocycles. The van der Waals surface area contributed by atoms with Crippen molar-refractivity contribution in [2.45, 2.75) is 70.1 Å². The summed E-state index contributed by atoms with van der Waals surface area (Å²) >= 11 is 0. The van der Waals surface area contributed by atoms with Crippen LogP contribution in [-0.4, -0.2) is 83.6 Å². The first-order valence-electron chi connectivity index (χ1n) is 11.9. The van der Waals surface area contributed by atoms with Gasteiger partial charge in [-0.15, -0.1) is 0 Å². The minimum atomic E-state index is -4.47. The molecule has 12 heteroatoms. The highest BCUT2D eigenvalue weighted by Crippen LogP contribution is 2.40. The quantitative estimate of drug-likeness (QED) is 0.594. The molecule has 36 heavy (non-hydrogen) atoms. The molecule has 1 aromatic rings. The molecule has 0 aromatic heterocycles. The molecule has 0 bridgehead atoms. The summed E-state index contributed by atoms with van der Waals surface area (Å²) in [7, 11) is 0. The number of nitrogens with one attached hydrogen (secondary N) is 1. The molecule has 3 aliphatic rings. The molecule has 0 radical (unpaired) electrons. The van der Waals surface area contributed by atoms with Crippen LogP contribution in [0.1, 0.15) is 45.2 Å². The molecule has 1 unspecified atom stereocenters. The second-order valence-electron chi connectivity index (χ2n) is 10.7. The van der Waals surface area contributed by atoms with Gasteiger partial charge >= 0.3 is 12.3 Å². The summed E-state index contributed by atoms with van der Waals surface area (Å²) in [6, 6.07) is 1.40. The van der Waals surface area contributed by atoms with Crippen molar-refractivity contribution in [2.75, 3.05) is 26.3 Å². The summed E-state index contributed by atoms with van der Waals surface area (Å²) in [6.07, 6.45) is -5.81. The number of rotatable bonds is 4. The first-order valence-corrected chi connectivity index (χ1v) is 11.9. The molecule has 2 amide bonds. The van der Waals surface area contributed by atoms with Crippen molar-refractivity contribution < 1.29 is 41.7 Å². The Morgan fingerprint density at radius 1 is 1.22 bits per heavy atom. The van der Waals surface area contributed by atoms with Crippen molar-refractivity contribution in [3.63, 3.8) is 0 Å². The van der Waals surface area contributed by atoms with Gasteiger partial charge in [-0.3, -0.25) is 14.6 Å². The van der Waals surface area contributed by atoms with Gasteiger partial charge in [0.05, 0.1) is 24.8 Å². The lowest BCUT2D eigenvalue weighted by Crippen LogP contribution is -2.70. The number of benzene rings is 1. The van der Waals surface area contributed by atoms with Crippen molar-refractivity contribution in [1.82, 2.24) is 15.1 Å². The highest BCUT2D eigenvalue weighted by Gasteiger charge is 2.54. The standard InChI is InChI=1S/C24H31F4N3O5/c1-23(2,3)20-17-9-14(36-12-24(26,27)28)10-30(17)11-18(31(20)22(33)34)21(32)29-16-6-7-35-19-8-13(25)4-5-15(16)19/h4-5,8,14,16-18,20H,6-7,9-12H2,1-3H3,(H,29,32)(H,33,34)/t14-,16-,17-,18+,20?/m1/s1. The van der Waals surface area contributed by atoms with Gasteiger partial charge in [0.25, 0.3) is 0 Å². The molecule has 3 heterocycles. The Hall–Kier alpha value is -2.60. The number of hydrogen-bond donors (Lipinski definition) is 2. The number of carbonyl (C=O) groups excluding carboxylic acids is 1. The molecule has 5 atom stereocenters. The zero-order chi connectivity index (χ0) is 26.4. The number of piperazine rings is 1. The van der Waals surface area contributed by atoms with Gasteiger partial charge in [-0.2, -0.15) is 13.2 Å². The number of fused-ring (bicyclic) bond motifs is 2. The van der Waals surface area contributed by atoms with Crippen LogP contribution in [0.4, 0.5) is 22.4 Å². The third kappa shape index (κ3) is 5.54. The second-order valence-corrected chi connectivity index (χ2v) is 10.7. The number of carbonyl (C=O) groups is 2. The highest BCUT2D eigenvalue weighted by atomic mass is 19.4. The minimum Gasteiger partial charge on any atom is -0.493 e. The number of ether oxygens (including phenoxy) is 2. The Morgan fingerprint density at radius 2 is 1.94 bits per heavy atom. The molecule has 2 fully saturated rings. The Morgan fingerprint density at radius 3 is 2.58 bits per heavy atom. The van der Waals surface area contributed by atoms with E-state index in [0.717, 1.165) is 4.90 Å².